The Morgan fingerprint density at radius 1 is 1.07 bits per heavy atom. The smallest absolute Gasteiger partial charge is 0.172 e. The number of rotatable bonds is 7. The number of benzene rings is 2. The third-order valence-corrected chi connectivity index (χ3v) is 7.51. The van der Waals surface area contributed by atoms with Crippen LogP contribution in [0.15, 0.2) is 41.8 Å². The molecule has 9 heteroatoms. The number of carbonyl (C=O) groups excluding carboxylic acids is 1. The Morgan fingerprint density at radius 3 is 2.40 bits per heavy atom. The highest BCUT2D eigenvalue weighted by molar-refractivity contribution is 7.11. The molecular formula is C33H42N2O6S. The fourth-order valence-corrected chi connectivity index (χ4v) is 5.61. The zero-order chi connectivity index (χ0) is 30.9. The first kappa shape index (κ1) is 32.9. The van der Waals surface area contributed by atoms with E-state index in [2.05, 4.69) is 48.3 Å². The molecule has 0 aliphatic carbocycles. The summed E-state index contributed by atoms with van der Waals surface area (Å²) in [6.45, 7) is 10.9. The standard InChI is InChI=1S/C26H23NO4S.C4H11NO.C3H8O/c1-14-12-26(2,3)27-17-6-5-16-23(22(14)17)20(11-21-15(13-28)9-10-32-21)31-19-8-7-18(29)25(30-4)24(16)19;1-5-3-4-6-2;1-3-4-2/h5-13,27,29H,1-4H3;5H,3-4H2,1-2H3;3H2,1-2H3/b20-11-;;. The van der Waals surface area contributed by atoms with Crippen LogP contribution >= 0.6 is 11.3 Å². The summed E-state index contributed by atoms with van der Waals surface area (Å²) in [5, 5.41) is 18.9. The molecule has 2 aromatic carbocycles. The quantitative estimate of drug-likeness (QED) is 0.200. The lowest BCUT2D eigenvalue weighted by Gasteiger charge is -2.35. The van der Waals surface area contributed by atoms with Gasteiger partial charge >= 0.3 is 0 Å². The third-order valence-electron chi connectivity index (χ3n) is 6.63. The fraction of sp³-hybridized carbons (Fsp3) is 0.364. The molecule has 0 fully saturated rings. The number of methoxy groups -OCH3 is 3. The van der Waals surface area contributed by atoms with Crippen LogP contribution in [0, 0.1) is 0 Å². The number of carbonyl (C=O) groups is 1. The molecule has 2 aliphatic heterocycles. The molecule has 0 atom stereocenters. The minimum absolute atomic E-state index is 0.0546. The molecule has 2 aliphatic rings. The van der Waals surface area contributed by atoms with Gasteiger partial charge in [-0.3, -0.25) is 4.79 Å². The third kappa shape index (κ3) is 7.41. The first-order chi connectivity index (χ1) is 20.2. The van der Waals surface area contributed by atoms with Crippen LogP contribution < -0.4 is 20.1 Å². The van der Waals surface area contributed by atoms with E-state index in [9.17, 15) is 9.90 Å². The van der Waals surface area contributed by atoms with E-state index >= 15 is 0 Å². The number of aldehydes is 1. The summed E-state index contributed by atoms with van der Waals surface area (Å²) >= 11 is 1.49. The highest BCUT2D eigenvalue weighted by atomic mass is 32.1. The summed E-state index contributed by atoms with van der Waals surface area (Å²) in [4.78, 5) is 12.4. The van der Waals surface area contributed by atoms with Crippen molar-refractivity contribution in [2.24, 2.45) is 0 Å². The summed E-state index contributed by atoms with van der Waals surface area (Å²) in [6, 6.07) is 9.20. The van der Waals surface area contributed by atoms with E-state index in [4.69, 9.17) is 14.2 Å². The predicted octanol–water partition coefficient (Wildman–Crippen LogP) is 6.94. The van der Waals surface area contributed by atoms with Gasteiger partial charge in [0.25, 0.3) is 0 Å². The number of hydrogen-bond acceptors (Lipinski definition) is 9. The number of phenols is 1. The van der Waals surface area contributed by atoms with Crippen molar-refractivity contribution in [1.29, 1.82) is 0 Å². The van der Waals surface area contributed by atoms with Gasteiger partial charge in [-0.2, -0.15) is 0 Å². The van der Waals surface area contributed by atoms with Crippen LogP contribution in [0.2, 0.25) is 0 Å². The van der Waals surface area contributed by atoms with Gasteiger partial charge in [-0.25, -0.2) is 0 Å². The van der Waals surface area contributed by atoms with Gasteiger partial charge in [0.15, 0.2) is 17.8 Å². The number of phenolic OH excluding ortho intramolecular Hbond substituents is 1. The average Bonchev–Trinajstić information content (AvgIpc) is 3.42. The Kier molecular flexibility index (Phi) is 11.8. The van der Waals surface area contributed by atoms with Crippen LogP contribution in [0.5, 0.6) is 17.2 Å². The van der Waals surface area contributed by atoms with Gasteiger partial charge < -0.3 is 34.7 Å². The molecule has 5 rings (SSSR count). The molecule has 0 bridgehead atoms. The van der Waals surface area contributed by atoms with E-state index in [0.717, 1.165) is 58.9 Å². The second-order valence-corrected chi connectivity index (χ2v) is 11.2. The van der Waals surface area contributed by atoms with E-state index in [1.54, 1.807) is 32.4 Å². The second kappa shape index (κ2) is 15.0. The van der Waals surface area contributed by atoms with E-state index < -0.39 is 0 Å². The minimum Gasteiger partial charge on any atom is -0.504 e. The molecule has 0 spiro atoms. The Morgan fingerprint density at radius 2 is 1.81 bits per heavy atom. The normalized spacial score (nSPS) is 14.8. The van der Waals surface area contributed by atoms with Crippen molar-refractivity contribution in [2.45, 2.75) is 33.2 Å². The Balaban J connectivity index is 0.000000420. The topological polar surface area (TPSA) is 98.3 Å². The SMILES string of the molecule is CCOC.CNCCOC.COc1c(O)ccc2c1-c1ccc3c(c1/C(=C/c1sccc1C=O)O2)C(C)=CC(C)(C)N3. The molecule has 3 aromatic rings. The van der Waals surface area contributed by atoms with Crippen molar-refractivity contribution in [3.05, 3.63) is 63.4 Å². The van der Waals surface area contributed by atoms with Gasteiger partial charge in [0, 0.05) is 60.2 Å². The molecule has 0 amide bonds. The van der Waals surface area contributed by atoms with Crippen LogP contribution in [0.1, 0.15) is 54.1 Å². The predicted molar refractivity (Wildman–Crippen MR) is 173 cm³/mol. The number of allylic oxidation sites excluding steroid dienone is 1. The van der Waals surface area contributed by atoms with Crippen LogP contribution in [-0.4, -0.2) is 65.1 Å². The molecule has 0 radical (unpaired) electrons. The van der Waals surface area contributed by atoms with E-state index in [1.165, 1.54) is 18.4 Å². The Hall–Kier alpha value is -3.63. The minimum atomic E-state index is -0.184. The summed E-state index contributed by atoms with van der Waals surface area (Å²) in [5.74, 6) is 1.67. The largest absolute Gasteiger partial charge is 0.504 e. The molecule has 0 saturated carbocycles. The molecule has 226 valence electrons. The molecule has 42 heavy (non-hydrogen) atoms. The van der Waals surface area contributed by atoms with Crippen LogP contribution in [-0.2, 0) is 9.47 Å². The zero-order valence-corrected chi connectivity index (χ0v) is 26.5. The number of hydrogen-bond donors (Lipinski definition) is 3. The van der Waals surface area contributed by atoms with Gasteiger partial charge in [-0.15, -0.1) is 11.3 Å². The lowest BCUT2D eigenvalue weighted by Crippen LogP contribution is -2.32. The van der Waals surface area contributed by atoms with E-state index in [1.807, 2.05) is 31.5 Å². The molecular weight excluding hydrogens is 552 g/mol. The lowest BCUT2D eigenvalue weighted by atomic mass is 9.83. The van der Waals surface area contributed by atoms with Crippen LogP contribution in [0.3, 0.4) is 0 Å². The number of ether oxygens (including phenoxy) is 4. The number of thiophene rings is 1. The molecule has 3 heterocycles. The van der Waals surface area contributed by atoms with Crippen molar-refractivity contribution in [3.8, 4) is 28.4 Å². The molecule has 1 aromatic heterocycles. The first-order valence-corrected chi connectivity index (χ1v) is 14.6. The number of likely N-dealkylation sites (N-methyl/N-ethyl adjacent to an activating group) is 1. The highest BCUT2D eigenvalue weighted by Crippen LogP contribution is 2.54. The first-order valence-electron chi connectivity index (χ1n) is 13.8. The van der Waals surface area contributed by atoms with Crippen molar-refractivity contribution in [1.82, 2.24) is 5.32 Å². The summed E-state index contributed by atoms with van der Waals surface area (Å²) in [7, 11) is 6.81. The van der Waals surface area contributed by atoms with Crippen molar-refractivity contribution < 1.29 is 28.8 Å². The van der Waals surface area contributed by atoms with Crippen LogP contribution in [0.25, 0.3) is 28.5 Å². The lowest BCUT2D eigenvalue weighted by molar-refractivity contribution is 0.112. The number of nitrogens with one attached hydrogen (secondary N) is 2. The van der Waals surface area contributed by atoms with E-state index in [-0.39, 0.29) is 11.3 Å². The van der Waals surface area contributed by atoms with Gasteiger partial charge in [0.05, 0.1) is 24.8 Å². The monoisotopic (exact) mass is 594 g/mol. The molecule has 0 unspecified atom stereocenters. The van der Waals surface area contributed by atoms with Gasteiger partial charge in [-0.1, -0.05) is 12.1 Å². The highest BCUT2D eigenvalue weighted by Gasteiger charge is 2.33. The maximum atomic E-state index is 11.5. The zero-order valence-electron chi connectivity index (χ0n) is 25.7. The maximum Gasteiger partial charge on any atom is 0.172 e. The number of fused-ring (bicyclic) bond motifs is 5. The Bertz CT molecular complexity index is 1430. The maximum absolute atomic E-state index is 11.5. The average molecular weight is 595 g/mol. The van der Waals surface area contributed by atoms with Gasteiger partial charge in [0.1, 0.15) is 11.5 Å². The second-order valence-electron chi connectivity index (χ2n) is 10.2. The van der Waals surface area contributed by atoms with Gasteiger partial charge in [-0.05, 0) is 76.0 Å². The Labute approximate surface area is 253 Å². The van der Waals surface area contributed by atoms with Crippen LogP contribution in [0.4, 0.5) is 5.69 Å². The van der Waals surface area contributed by atoms with Crippen molar-refractivity contribution in [2.75, 3.05) is 53.5 Å². The summed E-state index contributed by atoms with van der Waals surface area (Å²) < 4.78 is 21.2. The summed E-state index contributed by atoms with van der Waals surface area (Å²) in [6.07, 6.45) is 4.98. The molecule has 0 saturated heterocycles. The fourth-order valence-electron chi connectivity index (χ4n) is 4.82. The number of aromatic hydroxyl groups is 1. The van der Waals surface area contributed by atoms with Crippen molar-refractivity contribution >= 4 is 40.7 Å². The number of anilines is 1. The van der Waals surface area contributed by atoms with Gasteiger partial charge in [0.2, 0.25) is 0 Å². The van der Waals surface area contributed by atoms with E-state index in [0.29, 0.717) is 28.4 Å². The molecule has 3 N–H and O–H groups in total. The van der Waals surface area contributed by atoms with Crippen molar-refractivity contribution in [3.63, 3.8) is 0 Å². The summed E-state index contributed by atoms with van der Waals surface area (Å²) in [5.41, 5.74) is 6.13. The molecule has 8 nitrogen and oxygen atoms in total.